The van der Waals surface area contributed by atoms with Crippen molar-refractivity contribution in [3.05, 3.63) is 65.2 Å². The van der Waals surface area contributed by atoms with E-state index in [9.17, 15) is 5.11 Å². The van der Waals surface area contributed by atoms with Gasteiger partial charge in [0.2, 0.25) is 0 Å². The molecule has 0 radical (unpaired) electrons. The van der Waals surface area contributed by atoms with Gasteiger partial charge in [0.25, 0.3) is 0 Å². The van der Waals surface area contributed by atoms with Crippen LogP contribution in [0, 0.1) is 0 Å². The third-order valence-electron chi connectivity index (χ3n) is 3.85. The molecular weight excluding hydrogens is 260 g/mol. The van der Waals surface area contributed by atoms with Crippen molar-refractivity contribution in [2.24, 2.45) is 0 Å². The van der Waals surface area contributed by atoms with E-state index in [1.165, 1.54) is 11.1 Å². The van der Waals surface area contributed by atoms with Gasteiger partial charge in [-0.1, -0.05) is 50.2 Å². The molecule has 0 spiro atoms. The van der Waals surface area contributed by atoms with Gasteiger partial charge in [0, 0.05) is 0 Å². The summed E-state index contributed by atoms with van der Waals surface area (Å²) in [6.45, 7) is 4.35. The number of methoxy groups -OCH3 is 1. The van der Waals surface area contributed by atoms with Crippen LogP contribution in [0.1, 0.15) is 49.0 Å². The van der Waals surface area contributed by atoms with Gasteiger partial charge in [-0.15, -0.1) is 0 Å². The molecule has 0 aliphatic carbocycles. The van der Waals surface area contributed by atoms with Gasteiger partial charge in [0.05, 0.1) is 13.2 Å². The maximum absolute atomic E-state index is 10.3. The highest BCUT2D eigenvalue weighted by Crippen LogP contribution is 2.22. The molecule has 0 fully saturated rings. The molecule has 1 N–H and O–H groups in total. The van der Waals surface area contributed by atoms with Crippen molar-refractivity contribution in [3.8, 4) is 5.75 Å². The Bertz CT molecular complexity index is 541. The first kappa shape index (κ1) is 15.6. The summed E-state index contributed by atoms with van der Waals surface area (Å²) in [6.07, 6.45) is 1.18. The quantitative estimate of drug-likeness (QED) is 0.847. The third kappa shape index (κ3) is 4.33. The standard InChI is InChI=1S/C19H24O2/c1-14(2)16-7-9-17(10-8-16)19(20)13-6-15-4-11-18(21-3)12-5-15/h4-5,7-12,14,19-20H,6,13H2,1-3H3. The summed E-state index contributed by atoms with van der Waals surface area (Å²) < 4.78 is 5.15. The third-order valence-corrected chi connectivity index (χ3v) is 3.85. The average Bonchev–Trinajstić information content (AvgIpc) is 2.53. The molecule has 0 saturated heterocycles. The Morgan fingerprint density at radius 3 is 2.00 bits per heavy atom. The van der Waals surface area contributed by atoms with E-state index in [1.807, 2.05) is 36.4 Å². The first-order chi connectivity index (χ1) is 10.1. The minimum absolute atomic E-state index is 0.409. The van der Waals surface area contributed by atoms with Gasteiger partial charge < -0.3 is 9.84 Å². The fraction of sp³-hybridized carbons (Fsp3) is 0.368. The Morgan fingerprint density at radius 1 is 0.905 bits per heavy atom. The second-order valence-electron chi connectivity index (χ2n) is 5.72. The summed E-state index contributed by atoms with van der Waals surface area (Å²) in [5.74, 6) is 1.39. The Hall–Kier alpha value is -1.80. The van der Waals surface area contributed by atoms with Gasteiger partial charge in [-0.25, -0.2) is 0 Å². The minimum Gasteiger partial charge on any atom is -0.497 e. The molecule has 2 aromatic rings. The van der Waals surface area contributed by atoms with E-state index in [2.05, 4.69) is 26.0 Å². The molecule has 0 bridgehead atoms. The molecule has 2 aromatic carbocycles. The smallest absolute Gasteiger partial charge is 0.118 e. The number of aryl methyl sites for hydroxylation is 1. The van der Waals surface area contributed by atoms with Crippen molar-refractivity contribution in [2.45, 2.75) is 38.7 Å². The Kier molecular flexibility index (Phi) is 5.40. The lowest BCUT2D eigenvalue weighted by atomic mass is 9.97. The highest BCUT2D eigenvalue weighted by molar-refractivity contribution is 5.28. The maximum Gasteiger partial charge on any atom is 0.118 e. The first-order valence-electron chi connectivity index (χ1n) is 7.51. The fourth-order valence-corrected chi connectivity index (χ4v) is 2.37. The van der Waals surface area contributed by atoms with Gasteiger partial charge in [0.15, 0.2) is 0 Å². The number of aliphatic hydroxyl groups is 1. The van der Waals surface area contributed by atoms with E-state index in [0.29, 0.717) is 5.92 Å². The van der Waals surface area contributed by atoms with Crippen LogP contribution in [0.15, 0.2) is 48.5 Å². The van der Waals surface area contributed by atoms with E-state index < -0.39 is 6.10 Å². The van der Waals surface area contributed by atoms with Crippen molar-refractivity contribution >= 4 is 0 Å². The molecule has 2 rings (SSSR count). The molecule has 0 amide bonds. The van der Waals surface area contributed by atoms with E-state index in [4.69, 9.17) is 4.74 Å². The molecule has 2 nitrogen and oxygen atoms in total. The molecular formula is C19H24O2. The zero-order chi connectivity index (χ0) is 15.2. The molecule has 112 valence electrons. The fourth-order valence-electron chi connectivity index (χ4n) is 2.37. The van der Waals surface area contributed by atoms with Crippen LogP contribution in [0.3, 0.4) is 0 Å². The van der Waals surface area contributed by atoms with Crippen LogP contribution < -0.4 is 4.74 Å². The van der Waals surface area contributed by atoms with Crippen molar-refractivity contribution in [1.29, 1.82) is 0 Å². The monoisotopic (exact) mass is 284 g/mol. The second kappa shape index (κ2) is 7.28. The van der Waals surface area contributed by atoms with Gasteiger partial charge in [0.1, 0.15) is 5.75 Å². The number of aliphatic hydroxyl groups excluding tert-OH is 1. The predicted molar refractivity (Wildman–Crippen MR) is 86.8 cm³/mol. The van der Waals surface area contributed by atoms with Crippen LogP contribution in [0.4, 0.5) is 0 Å². The zero-order valence-electron chi connectivity index (χ0n) is 13.0. The average molecular weight is 284 g/mol. The Morgan fingerprint density at radius 2 is 1.48 bits per heavy atom. The summed E-state index contributed by atoms with van der Waals surface area (Å²) in [7, 11) is 1.67. The summed E-state index contributed by atoms with van der Waals surface area (Å²) in [4.78, 5) is 0. The summed E-state index contributed by atoms with van der Waals surface area (Å²) in [5, 5.41) is 10.3. The summed E-state index contributed by atoms with van der Waals surface area (Å²) in [5.41, 5.74) is 3.52. The highest BCUT2D eigenvalue weighted by atomic mass is 16.5. The van der Waals surface area contributed by atoms with Crippen molar-refractivity contribution in [3.63, 3.8) is 0 Å². The van der Waals surface area contributed by atoms with Crippen LogP contribution in [0.25, 0.3) is 0 Å². The second-order valence-corrected chi connectivity index (χ2v) is 5.72. The maximum atomic E-state index is 10.3. The van der Waals surface area contributed by atoms with E-state index >= 15 is 0 Å². The molecule has 0 aliphatic heterocycles. The van der Waals surface area contributed by atoms with Gasteiger partial charge in [-0.3, -0.25) is 0 Å². The number of hydrogen-bond acceptors (Lipinski definition) is 2. The van der Waals surface area contributed by atoms with E-state index in [1.54, 1.807) is 7.11 Å². The minimum atomic E-state index is -0.409. The largest absolute Gasteiger partial charge is 0.497 e. The molecule has 0 aromatic heterocycles. The first-order valence-corrected chi connectivity index (χ1v) is 7.51. The molecule has 0 heterocycles. The lowest BCUT2D eigenvalue weighted by molar-refractivity contribution is 0.168. The SMILES string of the molecule is COc1ccc(CCC(O)c2ccc(C(C)C)cc2)cc1. The van der Waals surface area contributed by atoms with Crippen molar-refractivity contribution in [1.82, 2.24) is 0 Å². The number of rotatable bonds is 6. The molecule has 0 aliphatic rings. The lowest BCUT2D eigenvalue weighted by Crippen LogP contribution is -2.00. The van der Waals surface area contributed by atoms with Crippen LogP contribution in [-0.4, -0.2) is 12.2 Å². The summed E-state index contributed by atoms with van der Waals surface area (Å²) >= 11 is 0. The van der Waals surface area contributed by atoms with Crippen molar-refractivity contribution in [2.75, 3.05) is 7.11 Å². The zero-order valence-corrected chi connectivity index (χ0v) is 13.0. The van der Waals surface area contributed by atoms with E-state index in [0.717, 1.165) is 24.2 Å². The van der Waals surface area contributed by atoms with Gasteiger partial charge in [-0.05, 0) is 47.6 Å². The Balaban J connectivity index is 1.92. The van der Waals surface area contributed by atoms with Crippen LogP contribution in [0.2, 0.25) is 0 Å². The number of benzene rings is 2. The molecule has 0 saturated carbocycles. The molecule has 21 heavy (non-hydrogen) atoms. The van der Waals surface area contributed by atoms with Crippen molar-refractivity contribution < 1.29 is 9.84 Å². The van der Waals surface area contributed by atoms with E-state index in [-0.39, 0.29) is 0 Å². The molecule has 1 atom stereocenters. The van der Waals surface area contributed by atoms with Gasteiger partial charge in [-0.2, -0.15) is 0 Å². The molecule has 1 unspecified atom stereocenters. The Labute approximate surface area is 127 Å². The van der Waals surface area contributed by atoms with Gasteiger partial charge >= 0.3 is 0 Å². The predicted octanol–water partition coefficient (Wildman–Crippen LogP) is 4.48. The summed E-state index contributed by atoms with van der Waals surface area (Å²) in [6, 6.07) is 16.3. The van der Waals surface area contributed by atoms with Crippen LogP contribution in [0.5, 0.6) is 5.75 Å². The lowest BCUT2D eigenvalue weighted by Gasteiger charge is -2.13. The number of hydrogen-bond donors (Lipinski definition) is 1. The highest BCUT2D eigenvalue weighted by Gasteiger charge is 2.08. The van der Waals surface area contributed by atoms with Crippen LogP contribution >= 0.6 is 0 Å². The molecule has 2 heteroatoms. The normalized spacial score (nSPS) is 12.4. The topological polar surface area (TPSA) is 29.5 Å². The van der Waals surface area contributed by atoms with Crippen LogP contribution in [-0.2, 0) is 6.42 Å². The number of ether oxygens (including phenoxy) is 1.